The van der Waals surface area contributed by atoms with Crippen LogP contribution in [0, 0.1) is 0 Å². The molecule has 5 nitrogen and oxygen atoms in total. The fourth-order valence-electron chi connectivity index (χ4n) is 3.41. The van der Waals surface area contributed by atoms with Crippen molar-refractivity contribution in [1.82, 2.24) is 15.0 Å². The normalized spacial score (nSPS) is 11.4. The minimum absolute atomic E-state index is 0.131. The lowest BCUT2D eigenvalue weighted by Gasteiger charge is -2.14. The second-order valence-corrected chi connectivity index (χ2v) is 7.06. The first-order valence-corrected chi connectivity index (χ1v) is 9.49. The van der Waals surface area contributed by atoms with Gasteiger partial charge in [-0.1, -0.05) is 53.7 Å². The maximum Gasteiger partial charge on any atom is 0.178 e. The third-order valence-electron chi connectivity index (χ3n) is 4.89. The Morgan fingerprint density at radius 3 is 2.75 bits per heavy atom. The van der Waals surface area contributed by atoms with E-state index in [9.17, 15) is 4.79 Å². The third-order valence-corrected chi connectivity index (χ3v) is 4.89. The predicted molar refractivity (Wildman–Crippen MR) is 110 cm³/mol. The Bertz CT molecular complexity index is 1070. The first-order valence-electron chi connectivity index (χ1n) is 9.49. The van der Waals surface area contributed by atoms with Crippen molar-refractivity contribution in [2.45, 2.75) is 12.8 Å². The van der Waals surface area contributed by atoms with Gasteiger partial charge in [0.15, 0.2) is 5.78 Å². The summed E-state index contributed by atoms with van der Waals surface area (Å²) in [4.78, 5) is 17.9. The highest BCUT2D eigenvalue weighted by atomic mass is 16.5. The van der Waals surface area contributed by atoms with E-state index in [1.807, 2.05) is 67.7 Å². The van der Waals surface area contributed by atoms with Crippen LogP contribution in [0.3, 0.4) is 0 Å². The Morgan fingerprint density at radius 1 is 1.11 bits per heavy atom. The molecule has 0 spiro atoms. The van der Waals surface area contributed by atoms with Gasteiger partial charge in [0.1, 0.15) is 11.5 Å². The molecular formula is C23H23N3O2. The van der Waals surface area contributed by atoms with Crippen LogP contribution in [0.4, 0.5) is 0 Å². The highest BCUT2D eigenvalue weighted by molar-refractivity contribution is 6.08. The van der Waals surface area contributed by atoms with Crippen molar-refractivity contribution in [2.24, 2.45) is 0 Å². The number of para-hydroxylation sites is 1. The lowest BCUT2D eigenvalue weighted by molar-refractivity contribution is 0.0947. The summed E-state index contributed by atoms with van der Waals surface area (Å²) in [5.74, 6) is 1.00. The van der Waals surface area contributed by atoms with Crippen molar-refractivity contribution in [2.75, 3.05) is 20.1 Å². The molecule has 0 saturated carbocycles. The van der Waals surface area contributed by atoms with Gasteiger partial charge in [0, 0.05) is 40.7 Å². The number of aromatic amines is 1. The molecule has 142 valence electrons. The molecule has 1 N–H and O–H groups in total. The molecular weight excluding hydrogens is 350 g/mol. The number of fused-ring (bicyclic) bond motifs is 1. The van der Waals surface area contributed by atoms with E-state index in [0.717, 1.165) is 52.9 Å². The molecule has 0 radical (unpaired) electrons. The summed E-state index contributed by atoms with van der Waals surface area (Å²) in [7, 11) is 1.97. The van der Waals surface area contributed by atoms with E-state index in [-0.39, 0.29) is 5.78 Å². The minimum atomic E-state index is 0.131. The average Bonchev–Trinajstić information content (AvgIpc) is 3.36. The van der Waals surface area contributed by atoms with Gasteiger partial charge in [0.2, 0.25) is 0 Å². The number of aromatic nitrogens is 2. The summed E-state index contributed by atoms with van der Waals surface area (Å²) in [6, 6.07) is 19.9. The van der Waals surface area contributed by atoms with Gasteiger partial charge in [-0.05, 0) is 26.1 Å². The van der Waals surface area contributed by atoms with Crippen molar-refractivity contribution < 1.29 is 9.32 Å². The van der Waals surface area contributed by atoms with Crippen LogP contribution in [-0.4, -0.2) is 41.0 Å². The molecule has 2 heterocycles. The number of carbonyl (C=O) groups excluding carboxylic acids is 1. The van der Waals surface area contributed by atoms with Crippen molar-refractivity contribution >= 4 is 16.7 Å². The van der Waals surface area contributed by atoms with Gasteiger partial charge in [-0.2, -0.15) is 0 Å². The SMILES string of the molecule is CN(CCCc1cc(-c2ccccc2)no1)CC(=O)c1c[nH]c2ccccc12. The first kappa shape index (κ1) is 18.2. The number of hydrogen-bond donors (Lipinski definition) is 1. The minimum Gasteiger partial charge on any atom is -0.361 e. The number of benzene rings is 2. The average molecular weight is 373 g/mol. The summed E-state index contributed by atoms with van der Waals surface area (Å²) in [6.45, 7) is 1.21. The van der Waals surface area contributed by atoms with Gasteiger partial charge in [-0.15, -0.1) is 0 Å². The Hall–Kier alpha value is -3.18. The molecule has 0 aliphatic rings. The van der Waals surface area contributed by atoms with Crippen molar-refractivity contribution in [3.05, 3.63) is 78.2 Å². The summed E-state index contributed by atoms with van der Waals surface area (Å²) in [5, 5.41) is 5.13. The number of hydrogen-bond acceptors (Lipinski definition) is 4. The standard InChI is InChI=1S/C23H23N3O2/c1-26(16-23(27)20-15-24-21-12-6-5-11-19(20)21)13-7-10-18-14-22(25-28-18)17-8-3-2-4-9-17/h2-6,8-9,11-12,14-15,24H,7,10,13,16H2,1H3. The zero-order valence-electron chi connectivity index (χ0n) is 15.9. The van der Waals surface area contributed by atoms with E-state index in [1.165, 1.54) is 0 Å². The summed E-state index contributed by atoms with van der Waals surface area (Å²) >= 11 is 0. The van der Waals surface area contributed by atoms with Crippen LogP contribution in [0.15, 0.2) is 71.4 Å². The zero-order valence-corrected chi connectivity index (χ0v) is 15.9. The number of aryl methyl sites for hydroxylation is 1. The first-order chi connectivity index (χ1) is 13.7. The van der Waals surface area contributed by atoms with Crippen LogP contribution in [-0.2, 0) is 6.42 Å². The molecule has 5 heteroatoms. The number of nitrogens with one attached hydrogen (secondary N) is 1. The van der Waals surface area contributed by atoms with Crippen molar-refractivity contribution in [3.63, 3.8) is 0 Å². The van der Waals surface area contributed by atoms with E-state index in [1.54, 1.807) is 6.20 Å². The van der Waals surface area contributed by atoms with Gasteiger partial charge in [-0.25, -0.2) is 0 Å². The second kappa shape index (κ2) is 8.23. The number of carbonyl (C=O) groups is 1. The van der Waals surface area contributed by atoms with E-state index in [2.05, 4.69) is 15.0 Å². The molecule has 0 amide bonds. The fourth-order valence-corrected chi connectivity index (χ4v) is 3.41. The third kappa shape index (κ3) is 4.05. The predicted octanol–water partition coefficient (Wildman–Crippen LogP) is 4.57. The van der Waals surface area contributed by atoms with Gasteiger partial charge in [-0.3, -0.25) is 9.69 Å². The number of H-pyrrole nitrogens is 1. The van der Waals surface area contributed by atoms with E-state index < -0.39 is 0 Å². The Kier molecular flexibility index (Phi) is 5.35. The Labute approximate surface area is 164 Å². The molecule has 0 saturated heterocycles. The molecule has 28 heavy (non-hydrogen) atoms. The number of Topliss-reactive ketones (excluding diaryl/α,β-unsaturated/α-hetero) is 1. The van der Waals surface area contributed by atoms with Gasteiger partial charge < -0.3 is 9.51 Å². The molecule has 0 aliphatic heterocycles. The maximum atomic E-state index is 12.6. The topological polar surface area (TPSA) is 62.1 Å². The van der Waals surface area contributed by atoms with Crippen LogP contribution < -0.4 is 0 Å². The smallest absolute Gasteiger partial charge is 0.178 e. The molecule has 4 aromatic rings. The Balaban J connectivity index is 1.28. The zero-order chi connectivity index (χ0) is 19.3. The lowest BCUT2D eigenvalue weighted by Crippen LogP contribution is -2.27. The number of rotatable bonds is 8. The highest BCUT2D eigenvalue weighted by Gasteiger charge is 2.14. The highest BCUT2D eigenvalue weighted by Crippen LogP contribution is 2.20. The fraction of sp³-hybridized carbons (Fsp3) is 0.217. The van der Waals surface area contributed by atoms with E-state index in [4.69, 9.17) is 4.52 Å². The molecule has 0 atom stereocenters. The largest absolute Gasteiger partial charge is 0.361 e. The quantitative estimate of drug-likeness (QED) is 0.460. The molecule has 0 unspecified atom stereocenters. The van der Waals surface area contributed by atoms with Crippen LogP contribution in [0.2, 0.25) is 0 Å². The number of likely N-dealkylation sites (N-methyl/N-ethyl adjacent to an activating group) is 1. The van der Waals surface area contributed by atoms with Crippen molar-refractivity contribution in [1.29, 1.82) is 0 Å². The molecule has 2 aromatic heterocycles. The lowest BCUT2D eigenvalue weighted by atomic mass is 10.1. The van der Waals surface area contributed by atoms with Crippen LogP contribution >= 0.6 is 0 Å². The van der Waals surface area contributed by atoms with Crippen LogP contribution in [0.25, 0.3) is 22.2 Å². The molecule has 0 bridgehead atoms. The molecule has 4 rings (SSSR count). The number of ketones is 1. The molecule has 0 fully saturated rings. The molecule has 2 aromatic carbocycles. The summed E-state index contributed by atoms with van der Waals surface area (Å²) in [6.07, 6.45) is 3.51. The van der Waals surface area contributed by atoms with Gasteiger partial charge in [0.25, 0.3) is 0 Å². The van der Waals surface area contributed by atoms with Crippen LogP contribution in [0.5, 0.6) is 0 Å². The summed E-state index contributed by atoms with van der Waals surface area (Å²) < 4.78 is 5.45. The summed E-state index contributed by atoms with van der Waals surface area (Å²) in [5.41, 5.74) is 3.66. The van der Waals surface area contributed by atoms with Gasteiger partial charge in [0.05, 0.1) is 6.54 Å². The molecule has 0 aliphatic carbocycles. The maximum absolute atomic E-state index is 12.6. The van der Waals surface area contributed by atoms with E-state index >= 15 is 0 Å². The second-order valence-electron chi connectivity index (χ2n) is 7.06. The number of nitrogens with zero attached hydrogens (tertiary/aromatic N) is 2. The van der Waals surface area contributed by atoms with E-state index in [0.29, 0.717) is 6.54 Å². The van der Waals surface area contributed by atoms with Crippen molar-refractivity contribution in [3.8, 4) is 11.3 Å². The van der Waals surface area contributed by atoms with Crippen LogP contribution in [0.1, 0.15) is 22.5 Å². The van der Waals surface area contributed by atoms with Gasteiger partial charge >= 0.3 is 0 Å². The monoisotopic (exact) mass is 373 g/mol. The Morgan fingerprint density at radius 2 is 1.89 bits per heavy atom.